The Hall–Kier alpha value is -1.32. The number of likely N-dealkylation sites (N-methyl/N-ethyl adjacent to an activating group) is 2. The first kappa shape index (κ1) is 13.7. The van der Waals surface area contributed by atoms with Crippen molar-refractivity contribution in [3.63, 3.8) is 0 Å². The van der Waals surface area contributed by atoms with Crippen LogP contribution in [0.1, 0.15) is 5.56 Å². The number of hydrogen-bond acceptors (Lipinski definition) is 3. The Kier molecular flexibility index (Phi) is 5.73. The van der Waals surface area contributed by atoms with Gasteiger partial charge in [-0.05, 0) is 37.4 Å². The third kappa shape index (κ3) is 5.02. The van der Waals surface area contributed by atoms with Crippen LogP contribution in [0.25, 0.3) is 0 Å². The fraction of sp³-hybridized carbons (Fsp3) is 0.429. The van der Waals surface area contributed by atoms with E-state index in [1.807, 2.05) is 19.2 Å². The highest BCUT2D eigenvalue weighted by molar-refractivity contribution is 5.27. The lowest BCUT2D eigenvalue weighted by Crippen LogP contribution is -2.24. The van der Waals surface area contributed by atoms with Gasteiger partial charge in [0.05, 0.1) is 7.11 Å². The summed E-state index contributed by atoms with van der Waals surface area (Å²) in [5, 5.41) is 3.11. The lowest BCUT2D eigenvalue weighted by Gasteiger charge is -2.18. The molecule has 0 fully saturated rings. The molecule has 0 unspecified atom stereocenters. The van der Waals surface area contributed by atoms with Crippen molar-refractivity contribution < 1.29 is 4.74 Å². The van der Waals surface area contributed by atoms with Crippen LogP contribution in [-0.4, -0.2) is 39.2 Å². The van der Waals surface area contributed by atoms with Crippen molar-refractivity contribution in [1.29, 1.82) is 0 Å². The van der Waals surface area contributed by atoms with Crippen LogP contribution in [0.5, 0.6) is 5.75 Å². The molecule has 3 nitrogen and oxygen atoms in total. The predicted molar refractivity (Wildman–Crippen MR) is 72.4 cm³/mol. The minimum Gasteiger partial charge on any atom is -0.497 e. The van der Waals surface area contributed by atoms with E-state index in [2.05, 4.69) is 36.0 Å². The van der Waals surface area contributed by atoms with E-state index < -0.39 is 0 Å². The molecule has 0 saturated carbocycles. The highest BCUT2D eigenvalue weighted by atomic mass is 16.5. The Morgan fingerprint density at radius 3 is 2.53 bits per heavy atom. The van der Waals surface area contributed by atoms with E-state index >= 15 is 0 Å². The first-order valence-electron chi connectivity index (χ1n) is 5.78. The zero-order chi connectivity index (χ0) is 12.7. The van der Waals surface area contributed by atoms with Crippen LogP contribution in [0.15, 0.2) is 36.4 Å². The molecule has 0 spiro atoms. The maximum atomic E-state index is 5.13. The van der Waals surface area contributed by atoms with Crippen LogP contribution in [0.4, 0.5) is 0 Å². The molecule has 1 rings (SSSR count). The van der Waals surface area contributed by atoms with E-state index in [0.29, 0.717) is 0 Å². The highest BCUT2D eigenvalue weighted by Crippen LogP contribution is 2.12. The molecular formula is C14H22N2O. The fourth-order valence-electron chi connectivity index (χ4n) is 1.79. The molecule has 0 saturated heterocycles. The normalized spacial score (nSPS) is 10.6. The molecule has 0 aromatic heterocycles. The number of ether oxygens (including phenoxy) is 1. The van der Waals surface area contributed by atoms with Crippen molar-refractivity contribution in [1.82, 2.24) is 10.2 Å². The summed E-state index contributed by atoms with van der Waals surface area (Å²) in [6.45, 7) is 6.73. The van der Waals surface area contributed by atoms with E-state index in [1.165, 1.54) is 11.1 Å². The van der Waals surface area contributed by atoms with Crippen LogP contribution >= 0.6 is 0 Å². The van der Waals surface area contributed by atoms with Gasteiger partial charge in [0.2, 0.25) is 0 Å². The van der Waals surface area contributed by atoms with E-state index in [4.69, 9.17) is 4.74 Å². The zero-order valence-electron chi connectivity index (χ0n) is 11.0. The Morgan fingerprint density at radius 1 is 1.35 bits per heavy atom. The molecule has 0 aliphatic rings. The first-order chi connectivity index (χ1) is 8.15. The van der Waals surface area contributed by atoms with Gasteiger partial charge >= 0.3 is 0 Å². The summed E-state index contributed by atoms with van der Waals surface area (Å²) >= 11 is 0. The molecule has 0 bridgehead atoms. The van der Waals surface area contributed by atoms with Crippen molar-refractivity contribution in [2.24, 2.45) is 0 Å². The SMILES string of the molecule is C=C(CNC)CN(C)Cc1ccc(OC)cc1. The van der Waals surface area contributed by atoms with Gasteiger partial charge in [0.25, 0.3) is 0 Å². The maximum absolute atomic E-state index is 5.13. The molecule has 1 N–H and O–H groups in total. The molecule has 94 valence electrons. The monoisotopic (exact) mass is 234 g/mol. The second-order valence-electron chi connectivity index (χ2n) is 4.30. The third-order valence-electron chi connectivity index (χ3n) is 2.53. The Balaban J connectivity index is 2.44. The summed E-state index contributed by atoms with van der Waals surface area (Å²) in [7, 11) is 5.72. The minimum atomic E-state index is 0.868. The summed E-state index contributed by atoms with van der Waals surface area (Å²) in [4.78, 5) is 2.25. The summed E-state index contributed by atoms with van der Waals surface area (Å²) in [6, 6.07) is 8.17. The number of hydrogen-bond donors (Lipinski definition) is 1. The number of nitrogens with one attached hydrogen (secondary N) is 1. The van der Waals surface area contributed by atoms with Gasteiger partial charge < -0.3 is 10.1 Å². The van der Waals surface area contributed by atoms with Gasteiger partial charge in [-0.1, -0.05) is 18.7 Å². The van der Waals surface area contributed by atoms with Crippen molar-refractivity contribution in [3.05, 3.63) is 42.0 Å². The summed E-state index contributed by atoms with van der Waals surface area (Å²) < 4.78 is 5.13. The van der Waals surface area contributed by atoms with Crippen molar-refractivity contribution in [2.75, 3.05) is 34.3 Å². The number of methoxy groups -OCH3 is 1. The Bertz CT molecular complexity index is 346. The van der Waals surface area contributed by atoms with Crippen molar-refractivity contribution in [3.8, 4) is 5.75 Å². The van der Waals surface area contributed by atoms with E-state index in [9.17, 15) is 0 Å². The van der Waals surface area contributed by atoms with Crippen molar-refractivity contribution >= 4 is 0 Å². The van der Waals surface area contributed by atoms with Crippen molar-refractivity contribution in [2.45, 2.75) is 6.54 Å². The predicted octanol–water partition coefficient (Wildman–Crippen LogP) is 1.90. The number of nitrogens with zero attached hydrogens (tertiary/aromatic N) is 1. The van der Waals surface area contributed by atoms with Gasteiger partial charge in [-0.25, -0.2) is 0 Å². The number of benzene rings is 1. The molecule has 1 aromatic carbocycles. The second-order valence-corrected chi connectivity index (χ2v) is 4.30. The Labute approximate surface area is 104 Å². The molecule has 0 aliphatic heterocycles. The second kappa shape index (κ2) is 7.09. The smallest absolute Gasteiger partial charge is 0.118 e. The number of rotatable bonds is 7. The third-order valence-corrected chi connectivity index (χ3v) is 2.53. The van der Waals surface area contributed by atoms with Crippen LogP contribution in [-0.2, 0) is 6.54 Å². The summed E-state index contributed by atoms with van der Waals surface area (Å²) in [5.74, 6) is 0.899. The molecule has 0 atom stereocenters. The van der Waals surface area contributed by atoms with Gasteiger partial charge in [0.15, 0.2) is 0 Å². The van der Waals surface area contributed by atoms with Crippen LogP contribution < -0.4 is 10.1 Å². The minimum absolute atomic E-state index is 0.868. The van der Waals surface area contributed by atoms with E-state index in [-0.39, 0.29) is 0 Å². The molecule has 0 aliphatic carbocycles. The zero-order valence-corrected chi connectivity index (χ0v) is 11.0. The molecular weight excluding hydrogens is 212 g/mol. The fourth-order valence-corrected chi connectivity index (χ4v) is 1.79. The lowest BCUT2D eigenvalue weighted by atomic mass is 10.2. The van der Waals surface area contributed by atoms with Crippen LogP contribution in [0.3, 0.4) is 0 Å². The Morgan fingerprint density at radius 2 is 2.00 bits per heavy atom. The van der Waals surface area contributed by atoms with Gasteiger partial charge in [0, 0.05) is 19.6 Å². The maximum Gasteiger partial charge on any atom is 0.118 e. The highest BCUT2D eigenvalue weighted by Gasteiger charge is 2.02. The molecule has 0 heterocycles. The van der Waals surface area contributed by atoms with Gasteiger partial charge in [0.1, 0.15) is 5.75 Å². The lowest BCUT2D eigenvalue weighted by molar-refractivity contribution is 0.352. The van der Waals surface area contributed by atoms with E-state index in [1.54, 1.807) is 7.11 Å². The van der Waals surface area contributed by atoms with Gasteiger partial charge in [-0.2, -0.15) is 0 Å². The standard InChI is InChI=1S/C14H22N2O/c1-12(9-15-2)10-16(3)11-13-5-7-14(17-4)8-6-13/h5-8,15H,1,9-11H2,2-4H3. The van der Waals surface area contributed by atoms with E-state index in [0.717, 1.165) is 25.4 Å². The molecule has 3 heteroatoms. The summed E-state index contributed by atoms with van der Waals surface area (Å²) in [5.41, 5.74) is 2.48. The summed E-state index contributed by atoms with van der Waals surface area (Å²) in [6.07, 6.45) is 0. The average Bonchev–Trinajstić information content (AvgIpc) is 2.30. The van der Waals surface area contributed by atoms with Crippen LogP contribution in [0.2, 0.25) is 0 Å². The molecule has 1 aromatic rings. The van der Waals surface area contributed by atoms with Crippen LogP contribution in [0, 0.1) is 0 Å². The topological polar surface area (TPSA) is 24.5 Å². The largest absolute Gasteiger partial charge is 0.497 e. The van der Waals surface area contributed by atoms with Gasteiger partial charge in [-0.15, -0.1) is 0 Å². The van der Waals surface area contributed by atoms with Gasteiger partial charge in [-0.3, -0.25) is 4.90 Å². The average molecular weight is 234 g/mol. The first-order valence-corrected chi connectivity index (χ1v) is 5.78. The molecule has 0 amide bonds. The molecule has 0 radical (unpaired) electrons. The quantitative estimate of drug-likeness (QED) is 0.729. The molecule has 17 heavy (non-hydrogen) atoms.